The normalized spacial score (nSPS) is 23.2. The van der Waals surface area contributed by atoms with Gasteiger partial charge in [0.2, 0.25) is 5.91 Å². The lowest BCUT2D eigenvalue weighted by molar-refractivity contribution is -0.149. The molecule has 0 aliphatic carbocycles. The number of hydrogen-bond donors (Lipinski definition) is 1. The highest BCUT2D eigenvalue weighted by molar-refractivity contribution is 8.03. The molecule has 2 aliphatic rings. The van der Waals surface area contributed by atoms with Gasteiger partial charge in [-0.15, -0.1) is 11.8 Å². The fraction of sp³-hybridized carbons (Fsp3) is 0.304. The van der Waals surface area contributed by atoms with Crippen LogP contribution < -0.4 is 9.47 Å². The van der Waals surface area contributed by atoms with Gasteiger partial charge in [-0.1, -0.05) is 30.3 Å². The van der Waals surface area contributed by atoms with Gasteiger partial charge in [-0.25, -0.2) is 0 Å². The second-order valence-electron chi connectivity index (χ2n) is 7.12. The van der Waals surface area contributed by atoms with Crippen LogP contribution in [0.3, 0.4) is 0 Å². The molecule has 0 saturated carbocycles. The number of methoxy groups -OCH3 is 1. The third-order valence-electron chi connectivity index (χ3n) is 5.45. The van der Waals surface area contributed by atoms with Crippen LogP contribution >= 0.6 is 11.8 Å². The van der Waals surface area contributed by atoms with Crippen molar-refractivity contribution in [2.24, 2.45) is 0 Å². The molecular weight excluding hydrogens is 400 g/mol. The summed E-state index contributed by atoms with van der Waals surface area (Å²) in [6.07, 6.45) is 0.0899. The first-order chi connectivity index (χ1) is 14.5. The lowest BCUT2D eigenvalue weighted by Gasteiger charge is -2.38. The van der Waals surface area contributed by atoms with Crippen LogP contribution in [0.15, 0.2) is 59.1 Å². The van der Waals surface area contributed by atoms with Gasteiger partial charge in [0.15, 0.2) is 5.72 Å². The Bertz CT molecular complexity index is 1040. The molecule has 0 radical (unpaired) electrons. The first-order valence-electron chi connectivity index (χ1n) is 9.72. The molecule has 2 aromatic rings. The summed E-state index contributed by atoms with van der Waals surface area (Å²) in [5.74, 6) is 0.972. The largest absolute Gasteiger partial charge is 0.496 e. The lowest BCUT2D eigenvalue weighted by Crippen LogP contribution is -2.48. The number of thioether (sulfide) groups is 1. The number of carbonyl (C=O) groups excluding carboxylic acids is 1. The average molecular weight is 423 g/mol. The number of hydrogen-bond acceptors (Lipinski definition) is 6. The van der Waals surface area contributed by atoms with Gasteiger partial charge in [0, 0.05) is 23.5 Å². The molecule has 1 saturated heterocycles. The third kappa shape index (κ3) is 3.22. The Kier molecular flexibility index (Phi) is 5.46. The Morgan fingerprint density at radius 2 is 2.00 bits per heavy atom. The molecule has 1 fully saturated rings. The zero-order valence-electron chi connectivity index (χ0n) is 16.8. The van der Waals surface area contributed by atoms with Crippen molar-refractivity contribution >= 4 is 17.7 Å². The molecule has 6 nitrogen and oxygen atoms in total. The van der Waals surface area contributed by atoms with Crippen molar-refractivity contribution in [3.05, 3.63) is 70.3 Å². The molecule has 1 N–H and O–H groups in total. The molecule has 2 aromatic carbocycles. The second-order valence-corrected chi connectivity index (χ2v) is 8.09. The van der Waals surface area contributed by atoms with Gasteiger partial charge in [0.05, 0.1) is 36.1 Å². The van der Waals surface area contributed by atoms with Gasteiger partial charge in [-0.3, -0.25) is 9.69 Å². The summed E-state index contributed by atoms with van der Waals surface area (Å²) in [5, 5.41) is 22.0. The van der Waals surface area contributed by atoms with Crippen LogP contribution in [0.2, 0.25) is 0 Å². The molecule has 0 bridgehead atoms. The summed E-state index contributed by atoms with van der Waals surface area (Å²) in [6.45, 7) is 2.45. The van der Waals surface area contributed by atoms with Gasteiger partial charge in [-0.2, -0.15) is 5.26 Å². The van der Waals surface area contributed by atoms with Crippen molar-refractivity contribution in [1.29, 1.82) is 5.26 Å². The zero-order valence-corrected chi connectivity index (χ0v) is 17.6. The van der Waals surface area contributed by atoms with E-state index < -0.39 is 11.6 Å². The van der Waals surface area contributed by atoms with E-state index in [1.54, 1.807) is 31.4 Å². The minimum Gasteiger partial charge on any atom is -0.496 e. The minimum absolute atomic E-state index is 0.0899. The Morgan fingerprint density at radius 1 is 1.27 bits per heavy atom. The summed E-state index contributed by atoms with van der Waals surface area (Å²) in [5.41, 5.74) is 0.366. The number of allylic oxidation sites excluding steroid dienone is 1. The summed E-state index contributed by atoms with van der Waals surface area (Å²) in [4.78, 5) is 14.6. The fourth-order valence-electron chi connectivity index (χ4n) is 4.04. The maximum absolute atomic E-state index is 13.2. The van der Waals surface area contributed by atoms with E-state index >= 15 is 0 Å². The molecule has 2 heterocycles. The van der Waals surface area contributed by atoms with E-state index in [-0.39, 0.29) is 18.1 Å². The predicted molar refractivity (Wildman–Crippen MR) is 114 cm³/mol. The monoisotopic (exact) mass is 422 g/mol. The van der Waals surface area contributed by atoms with Crippen molar-refractivity contribution in [3.8, 4) is 17.6 Å². The molecule has 30 heavy (non-hydrogen) atoms. The number of nitriles is 1. The van der Waals surface area contributed by atoms with Crippen molar-refractivity contribution in [2.45, 2.75) is 25.0 Å². The summed E-state index contributed by atoms with van der Waals surface area (Å²) in [7, 11) is 1.57. The van der Waals surface area contributed by atoms with E-state index in [1.807, 2.05) is 31.2 Å². The van der Waals surface area contributed by atoms with Gasteiger partial charge in [0.25, 0.3) is 0 Å². The molecule has 0 unspecified atom stereocenters. The standard InChI is InChI=1S/C23H22N2O4S/c1-3-29-16-10-8-15(9-11-16)23(27)14-30-22-19(13-24)18(12-21(26)25(22)23)17-6-4-5-7-20(17)28-2/h4-11,18,27H,3,12,14H2,1-2H3/t18-,23+/m0/s1. The molecule has 2 aliphatic heterocycles. The van der Waals surface area contributed by atoms with Gasteiger partial charge in [0.1, 0.15) is 11.5 Å². The first kappa shape index (κ1) is 20.3. The third-order valence-corrected chi connectivity index (χ3v) is 6.68. The minimum atomic E-state index is -1.50. The molecule has 0 aromatic heterocycles. The number of ether oxygens (including phenoxy) is 2. The summed E-state index contributed by atoms with van der Waals surface area (Å²) in [6, 6.07) is 16.8. The SMILES string of the molecule is CCOc1ccc([C@]2(O)CSC3=C(C#N)[C@H](c4ccccc4OC)CC(=O)N32)cc1. The Hall–Kier alpha value is -2.95. The predicted octanol–water partition coefficient (Wildman–Crippen LogP) is 3.74. The number of rotatable bonds is 5. The molecule has 4 rings (SSSR count). The maximum atomic E-state index is 13.2. The van der Waals surface area contributed by atoms with E-state index in [1.165, 1.54) is 16.7 Å². The summed E-state index contributed by atoms with van der Waals surface area (Å²) >= 11 is 1.33. The van der Waals surface area contributed by atoms with E-state index in [0.29, 0.717) is 34.3 Å². The number of aliphatic hydroxyl groups is 1. The average Bonchev–Trinajstić information content (AvgIpc) is 3.13. The Balaban J connectivity index is 1.76. The number of nitrogens with zero attached hydrogens (tertiary/aromatic N) is 2. The van der Waals surface area contributed by atoms with Crippen molar-refractivity contribution in [3.63, 3.8) is 0 Å². The van der Waals surface area contributed by atoms with Crippen LogP contribution in [-0.4, -0.2) is 35.4 Å². The van der Waals surface area contributed by atoms with Crippen LogP contribution in [0.25, 0.3) is 0 Å². The molecule has 7 heteroatoms. The van der Waals surface area contributed by atoms with Crippen molar-refractivity contribution in [2.75, 3.05) is 19.5 Å². The number of para-hydroxylation sites is 1. The van der Waals surface area contributed by atoms with Gasteiger partial charge in [-0.05, 0) is 25.1 Å². The van der Waals surface area contributed by atoms with Crippen LogP contribution in [-0.2, 0) is 10.5 Å². The molecule has 0 spiro atoms. The number of amides is 1. The maximum Gasteiger partial charge on any atom is 0.231 e. The van der Waals surface area contributed by atoms with E-state index in [4.69, 9.17) is 9.47 Å². The van der Waals surface area contributed by atoms with Crippen molar-refractivity contribution in [1.82, 2.24) is 4.90 Å². The lowest BCUT2D eigenvalue weighted by atomic mass is 9.85. The number of benzene rings is 2. The first-order valence-corrected chi connectivity index (χ1v) is 10.7. The van der Waals surface area contributed by atoms with Crippen LogP contribution in [0.5, 0.6) is 11.5 Å². The van der Waals surface area contributed by atoms with Crippen molar-refractivity contribution < 1.29 is 19.4 Å². The Morgan fingerprint density at radius 3 is 2.67 bits per heavy atom. The topological polar surface area (TPSA) is 82.8 Å². The molecule has 1 amide bonds. The highest BCUT2D eigenvalue weighted by Gasteiger charge is 2.52. The smallest absolute Gasteiger partial charge is 0.231 e. The number of fused-ring (bicyclic) bond motifs is 1. The molecule has 154 valence electrons. The van der Waals surface area contributed by atoms with E-state index in [9.17, 15) is 15.2 Å². The number of carbonyl (C=O) groups is 1. The molecule has 2 atom stereocenters. The highest BCUT2D eigenvalue weighted by Crippen LogP contribution is 2.52. The fourth-order valence-corrected chi connectivity index (χ4v) is 5.40. The van der Waals surface area contributed by atoms with Crippen LogP contribution in [0, 0.1) is 11.3 Å². The van der Waals surface area contributed by atoms with Gasteiger partial charge < -0.3 is 14.6 Å². The van der Waals surface area contributed by atoms with E-state index in [2.05, 4.69) is 6.07 Å². The summed E-state index contributed by atoms with van der Waals surface area (Å²) < 4.78 is 10.9. The highest BCUT2D eigenvalue weighted by atomic mass is 32.2. The van der Waals surface area contributed by atoms with E-state index in [0.717, 1.165) is 5.56 Å². The Labute approximate surface area is 179 Å². The zero-order chi connectivity index (χ0) is 21.3. The van der Waals surface area contributed by atoms with Crippen LogP contribution in [0.1, 0.15) is 30.4 Å². The second kappa shape index (κ2) is 8.05. The van der Waals surface area contributed by atoms with Gasteiger partial charge >= 0.3 is 0 Å². The van der Waals surface area contributed by atoms with Crippen LogP contribution in [0.4, 0.5) is 0 Å². The molecular formula is C23H22N2O4S. The quantitative estimate of drug-likeness (QED) is 0.790.